The number of nitrogens with one attached hydrogen (secondary N) is 3. The summed E-state index contributed by atoms with van der Waals surface area (Å²) >= 11 is 0. The summed E-state index contributed by atoms with van der Waals surface area (Å²) in [5.74, 6) is 0.823. The molecule has 210 valence electrons. The van der Waals surface area contributed by atoms with Crippen LogP contribution in [-0.4, -0.2) is 76.5 Å². The Kier molecular flexibility index (Phi) is 12.0. The van der Waals surface area contributed by atoms with E-state index in [1.807, 2.05) is 52.0 Å². The van der Waals surface area contributed by atoms with E-state index in [2.05, 4.69) is 40.7 Å². The van der Waals surface area contributed by atoms with Gasteiger partial charge in [0.2, 0.25) is 11.9 Å². The maximum absolute atomic E-state index is 15.4. The van der Waals surface area contributed by atoms with Crippen molar-refractivity contribution < 1.29 is 9.18 Å². The molecule has 10 heteroatoms. The van der Waals surface area contributed by atoms with Gasteiger partial charge in [0.15, 0.2) is 5.82 Å². The van der Waals surface area contributed by atoms with E-state index in [1.54, 1.807) is 24.7 Å². The van der Waals surface area contributed by atoms with Crippen molar-refractivity contribution in [1.29, 1.82) is 0 Å². The number of carbonyl (C=O) groups is 1. The zero-order valence-corrected chi connectivity index (χ0v) is 23.5. The van der Waals surface area contributed by atoms with Crippen molar-refractivity contribution >= 4 is 23.4 Å². The van der Waals surface area contributed by atoms with Crippen LogP contribution in [0.25, 0.3) is 11.1 Å². The summed E-state index contributed by atoms with van der Waals surface area (Å²) in [7, 11) is 0. The standard InChI is InChI=1S/C25H29FN8O.2C2H6/c26-24-19-3-1-4-21(24)32-22-13-18(5-8-27-22)20-14-30-25(31-15-20)29-7-2-6-28-23(35)17-34-11-9-33(16-19)10-12-34;2*1-2/h1,3-5,8,13-15H,2,6-7,9-12,16-17H2,(H,27,32)(H,28,35)(H,29,30,31);2*1-2H3. The Balaban J connectivity index is 0.00000100. The fourth-order valence-electron chi connectivity index (χ4n) is 4.31. The highest BCUT2D eigenvalue weighted by molar-refractivity contribution is 5.78. The van der Waals surface area contributed by atoms with E-state index in [0.29, 0.717) is 49.2 Å². The number of benzene rings is 1. The Morgan fingerprint density at radius 3 is 2.21 bits per heavy atom. The normalized spacial score (nSPS) is 19.2. The molecule has 2 aromatic heterocycles. The molecule has 1 fully saturated rings. The van der Waals surface area contributed by atoms with Crippen molar-refractivity contribution in [3.8, 4) is 11.1 Å². The van der Waals surface area contributed by atoms with Gasteiger partial charge in [0.25, 0.3) is 0 Å². The molecular formula is C29H41FN8O. The second kappa shape index (κ2) is 15.7. The van der Waals surface area contributed by atoms with Crippen LogP contribution >= 0.6 is 0 Å². The Bertz CT molecular complexity index is 1170. The van der Waals surface area contributed by atoms with Crippen LogP contribution in [0.4, 0.5) is 21.8 Å². The summed E-state index contributed by atoms with van der Waals surface area (Å²) in [5, 5.41) is 9.29. The van der Waals surface area contributed by atoms with Gasteiger partial charge in [0.05, 0.1) is 12.2 Å². The van der Waals surface area contributed by atoms with Crippen molar-refractivity contribution in [2.45, 2.75) is 40.7 Å². The van der Waals surface area contributed by atoms with Gasteiger partial charge in [0.1, 0.15) is 5.82 Å². The van der Waals surface area contributed by atoms with Crippen LogP contribution in [0.3, 0.4) is 0 Å². The highest BCUT2D eigenvalue weighted by atomic mass is 19.1. The number of nitrogens with zero attached hydrogens (tertiary/aromatic N) is 5. The molecule has 5 aliphatic rings. The van der Waals surface area contributed by atoms with Gasteiger partial charge >= 0.3 is 0 Å². The van der Waals surface area contributed by atoms with Crippen LogP contribution in [0.5, 0.6) is 0 Å². The highest BCUT2D eigenvalue weighted by Gasteiger charge is 2.20. The zero-order valence-electron chi connectivity index (χ0n) is 23.5. The van der Waals surface area contributed by atoms with Crippen molar-refractivity contribution in [3.63, 3.8) is 0 Å². The lowest BCUT2D eigenvalue weighted by Gasteiger charge is -2.34. The number of hydrogen-bond donors (Lipinski definition) is 3. The Hall–Kier alpha value is -3.63. The van der Waals surface area contributed by atoms with Gasteiger partial charge < -0.3 is 16.0 Å². The molecule has 8 bridgehead atoms. The molecule has 0 spiro atoms. The number of carbonyl (C=O) groups excluding carboxylic acids is 1. The van der Waals surface area contributed by atoms with Crippen molar-refractivity contribution in [2.24, 2.45) is 0 Å². The van der Waals surface area contributed by atoms with Gasteiger partial charge in [-0.1, -0.05) is 39.8 Å². The summed E-state index contributed by atoms with van der Waals surface area (Å²) < 4.78 is 15.4. The summed E-state index contributed by atoms with van der Waals surface area (Å²) in [6.07, 6.45) is 5.94. The van der Waals surface area contributed by atoms with E-state index in [1.165, 1.54) is 0 Å². The molecule has 1 amide bonds. The first kappa shape index (κ1) is 29.9. The molecule has 0 atom stereocenters. The van der Waals surface area contributed by atoms with E-state index < -0.39 is 0 Å². The Labute approximate surface area is 231 Å². The molecule has 5 aliphatic heterocycles. The molecule has 39 heavy (non-hydrogen) atoms. The van der Waals surface area contributed by atoms with Crippen molar-refractivity contribution in [1.82, 2.24) is 30.1 Å². The van der Waals surface area contributed by atoms with Crippen LogP contribution in [0, 0.1) is 5.82 Å². The van der Waals surface area contributed by atoms with Gasteiger partial charge in [-0.3, -0.25) is 14.6 Å². The molecule has 9 nitrogen and oxygen atoms in total. The molecule has 7 heterocycles. The van der Waals surface area contributed by atoms with E-state index in [0.717, 1.165) is 43.7 Å². The molecule has 0 radical (unpaired) electrons. The fourth-order valence-corrected chi connectivity index (χ4v) is 4.31. The minimum Gasteiger partial charge on any atom is -0.355 e. The minimum absolute atomic E-state index is 0.0256. The van der Waals surface area contributed by atoms with Crippen LogP contribution < -0.4 is 16.0 Å². The molecule has 0 unspecified atom stereocenters. The van der Waals surface area contributed by atoms with Gasteiger partial charge in [0, 0.05) is 75.5 Å². The molecule has 1 aromatic carbocycles. The number of anilines is 3. The lowest BCUT2D eigenvalue weighted by Crippen LogP contribution is -2.49. The van der Waals surface area contributed by atoms with E-state index in [4.69, 9.17) is 0 Å². The number of piperazine rings is 1. The third kappa shape index (κ3) is 8.69. The van der Waals surface area contributed by atoms with Crippen LogP contribution in [0.15, 0.2) is 48.9 Å². The topological polar surface area (TPSA) is 98.3 Å². The number of pyridine rings is 1. The van der Waals surface area contributed by atoms with Crippen LogP contribution in [0.1, 0.15) is 39.7 Å². The quantitative estimate of drug-likeness (QED) is 0.386. The maximum atomic E-state index is 15.4. The first-order valence-electron chi connectivity index (χ1n) is 13.9. The van der Waals surface area contributed by atoms with Crippen LogP contribution in [0.2, 0.25) is 0 Å². The third-order valence-corrected chi connectivity index (χ3v) is 6.27. The molecule has 0 saturated carbocycles. The van der Waals surface area contributed by atoms with Gasteiger partial charge in [-0.15, -0.1) is 0 Å². The average molecular weight is 537 g/mol. The number of aromatic nitrogens is 3. The average Bonchev–Trinajstić information content (AvgIpc) is 2.98. The molecule has 8 rings (SSSR count). The SMILES string of the molecule is CC.CC.O=C1CN2CCN(CC2)Cc2cccc(c2F)Nc2cc(ccn2)-c2cnc(nc2)NCCCN1. The molecule has 3 N–H and O–H groups in total. The maximum Gasteiger partial charge on any atom is 0.234 e. The van der Waals surface area contributed by atoms with Crippen molar-refractivity contribution in [2.75, 3.05) is 56.4 Å². The predicted molar refractivity (Wildman–Crippen MR) is 155 cm³/mol. The predicted octanol–water partition coefficient (Wildman–Crippen LogP) is 4.52. The first-order valence-corrected chi connectivity index (χ1v) is 13.9. The second-order valence-electron chi connectivity index (χ2n) is 8.81. The lowest BCUT2D eigenvalue weighted by molar-refractivity contribution is -0.122. The first-order chi connectivity index (χ1) is 19.1. The summed E-state index contributed by atoms with van der Waals surface area (Å²) in [6.45, 7) is 13.3. The van der Waals surface area contributed by atoms with Gasteiger partial charge in [-0.25, -0.2) is 19.3 Å². The summed E-state index contributed by atoms with van der Waals surface area (Å²) in [6, 6.07) is 9.11. The lowest BCUT2D eigenvalue weighted by atomic mass is 10.1. The zero-order chi connectivity index (χ0) is 28.0. The number of hydrogen-bond acceptors (Lipinski definition) is 8. The smallest absolute Gasteiger partial charge is 0.234 e. The monoisotopic (exact) mass is 536 g/mol. The number of amides is 1. The summed E-state index contributed by atoms with van der Waals surface area (Å²) in [4.78, 5) is 29.8. The van der Waals surface area contributed by atoms with E-state index in [9.17, 15) is 4.79 Å². The van der Waals surface area contributed by atoms with Crippen LogP contribution in [-0.2, 0) is 11.3 Å². The van der Waals surface area contributed by atoms with E-state index >= 15 is 4.39 Å². The second-order valence-corrected chi connectivity index (χ2v) is 8.81. The van der Waals surface area contributed by atoms with Gasteiger partial charge in [-0.2, -0.15) is 0 Å². The Morgan fingerprint density at radius 1 is 0.821 bits per heavy atom. The highest BCUT2D eigenvalue weighted by Crippen LogP contribution is 2.26. The molecular weight excluding hydrogens is 495 g/mol. The molecule has 0 aliphatic carbocycles. The van der Waals surface area contributed by atoms with E-state index in [-0.39, 0.29) is 11.7 Å². The minimum atomic E-state index is -0.279. The Morgan fingerprint density at radius 2 is 1.49 bits per heavy atom. The molecule has 1 saturated heterocycles. The van der Waals surface area contributed by atoms with Crippen molar-refractivity contribution in [3.05, 3.63) is 60.3 Å². The fraction of sp³-hybridized carbons (Fsp3) is 0.448. The third-order valence-electron chi connectivity index (χ3n) is 6.27. The summed E-state index contributed by atoms with van der Waals surface area (Å²) in [5.41, 5.74) is 2.73. The number of rotatable bonds is 0. The van der Waals surface area contributed by atoms with Gasteiger partial charge in [-0.05, 0) is 30.2 Å². The molecule has 3 aromatic rings. The largest absolute Gasteiger partial charge is 0.355 e. The number of halogens is 1.